The predicted molar refractivity (Wildman–Crippen MR) is 93.3 cm³/mol. The van der Waals surface area contributed by atoms with Gasteiger partial charge in [0.15, 0.2) is 11.6 Å². The van der Waals surface area contributed by atoms with Crippen LogP contribution in [0.4, 0.5) is 4.39 Å². The van der Waals surface area contributed by atoms with E-state index in [9.17, 15) is 9.18 Å². The molecule has 1 saturated heterocycles. The van der Waals surface area contributed by atoms with Gasteiger partial charge in [-0.05, 0) is 17.7 Å². The molecule has 0 bridgehead atoms. The van der Waals surface area contributed by atoms with Crippen LogP contribution in [0.5, 0.6) is 5.75 Å². The number of hydrazine groups is 1. The van der Waals surface area contributed by atoms with Gasteiger partial charge >= 0.3 is 0 Å². The predicted octanol–water partition coefficient (Wildman–Crippen LogP) is 2.13. The number of hydrogen-bond acceptors (Lipinski definition) is 4. The third-order valence-electron chi connectivity index (χ3n) is 4.35. The number of carbonyl (C=O) groups excluding carboxylic acids is 1. The third-order valence-corrected chi connectivity index (χ3v) is 4.35. The average molecular weight is 343 g/mol. The first-order chi connectivity index (χ1) is 12.2. The van der Waals surface area contributed by atoms with Crippen LogP contribution in [-0.2, 0) is 4.79 Å². The molecule has 3 rings (SSSR count). The van der Waals surface area contributed by atoms with E-state index in [1.165, 1.54) is 6.07 Å². The summed E-state index contributed by atoms with van der Waals surface area (Å²) in [5, 5.41) is 0. The second kappa shape index (κ2) is 8.09. The molecule has 1 heterocycles. The summed E-state index contributed by atoms with van der Waals surface area (Å²) in [7, 11) is 1.74. The number of halogens is 1. The number of hydrogen-bond donors (Lipinski definition) is 2. The number of rotatable bonds is 6. The molecule has 1 fully saturated rings. The Hall–Kier alpha value is -2.44. The molecule has 0 spiro atoms. The largest absolute Gasteiger partial charge is 0.489 e. The number of ether oxygens (including phenoxy) is 1. The standard InChI is InChI=1S/C19H22FN3O2/c1-23(11-12-25-17-10-6-5-9-16(17)20)19(24)15-13-21-22-18(15)14-7-3-2-4-8-14/h2-10,15,18,21-22H,11-13H2,1H3. The van der Waals surface area contributed by atoms with Crippen LogP contribution in [0.2, 0.25) is 0 Å². The molecule has 1 aliphatic heterocycles. The quantitative estimate of drug-likeness (QED) is 0.844. The molecule has 5 nitrogen and oxygen atoms in total. The van der Waals surface area contributed by atoms with Crippen molar-refractivity contribution in [3.63, 3.8) is 0 Å². The molecule has 0 saturated carbocycles. The van der Waals surface area contributed by atoms with Gasteiger partial charge < -0.3 is 9.64 Å². The smallest absolute Gasteiger partial charge is 0.228 e. The van der Waals surface area contributed by atoms with Crippen molar-refractivity contribution >= 4 is 5.91 Å². The molecule has 1 amide bonds. The van der Waals surface area contributed by atoms with Crippen LogP contribution in [0.1, 0.15) is 11.6 Å². The fourth-order valence-electron chi connectivity index (χ4n) is 2.95. The summed E-state index contributed by atoms with van der Waals surface area (Å²) in [5.74, 6) is -0.358. The van der Waals surface area contributed by atoms with E-state index in [4.69, 9.17) is 4.74 Å². The maximum atomic E-state index is 13.5. The molecular weight excluding hydrogens is 321 g/mol. The minimum Gasteiger partial charge on any atom is -0.489 e. The van der Waals surface area contributed by atoms with Gasteiger partial charge in [0.05, 0.1) is 18.5 Å². The van der Waals surface area contributed by atoms with Gasteiger partial charge in [-0.3, -0.25) is 10.2 Å². The molecule has 2 N–H and O–H groups in total. The van der Waals surface area contributed by atoms with Crippen LogP contribution in [0.25, 0.3) is 0 Å². The summed E-state index contributed by atoms with van der Waals surface area (Å²) in [6, 6.07) is 16.1. The van der Waals surface area contributed by atoms with Gasteiger partial charge in [0.25, 0.3) is 0 Å². The van der Waals surface area contributed by atoms with Crippen LogP contribution in [-0.4, -0.2) is 37.6 Å². The molecule has 2 aromatic rings. The van der Waals surface area contributed by atoms with E-state index in [0.717, 1.165) is 5.56 Å². The molecule has 1 aliphatic rings. The second-order valence-corrected chi connectivity index (χ2v) is 6.06. The summed E-state index contributed by atoms with van der Waals surface area (Å²) in [4.78, 5) is 14.4. The van der Waals surface area contributed by atoms with Gasteiger partial charge in [-0.25, -0.2) is 9.82 Å². The Morgan fingerprint density at radius 3 is 2.68 bits per heavy atom. The van der Waals surface area contributed by atoms with Crippen molar-refractivity contribution < 1.29 is 13.9 Å². The highest BCUT2D eigenvalue weighted by molar-refractivity contribution is 5.80. The topological polar surface area (TPSA) is 53.6 Å². The molecule has 0 aromatic heterocycles. The Balaban J connectivity index is 1.56. The van der Waals surface area contributed by atoms with Crippen LogP contribution in [0.15, 0.2) is 54.6 Å². The van der Waals surface area contributed by atoms with Crippen LogP contribution >= 0.6 is 0 Å². The Labute approximate surface area is 146 Å². The highest BCUT2D eigenvalue weighted by Crippen LogP contribution is 2.26. The van der Waals surface area contributed by atoms with Gasteiger partial charge in [0.2, 0.25) is 5.91 Å². The zero-order valence-electron chi connectivity index (χ0n) is 14.1. The molecule has 132 valence electrons. The van der Waals surface area contributed by atoms with E-state index in [1.807, 2.05) is 30.3 Å². The van der Waals surface area contributed by atoms with Gasteiger partial charge in [0, 0.05) is 13.6 Å². The van der Waals surface area contributed by atoms with Crippen molar-refractivity contribution in [2.75, 3.05) is 26.7 Å². The fourth-order valence-corrected chi connectivity index (χ4v) is 2.95. The highest BCUT2D eigenvalue weighted by Gasteiger charge is 2.35. The van der Waals surface area contributed by atoms with Crippen LogP contribution in [0.3, 0.4) is 0 Å². The minimum absolute atomic E-state index is 0.0310. The van der Waals surface area contributed by atoms with Crippen molar-refractivity contribution in [3.8, 4) is 5.75 Å². The summed E-state index contributed by atoms with van der Waals surface area (Å²) in [6.07, 6.45) is 0. The molecule has 0 aliphatic carbocycles. The van der Waals surface area contributed by atoms with Gasteiger partial charge in [0.1, 0.15) is 6.61 Å². The Morgan fingerprint density at radius 2 is 1.92 bits per heavy atom. The monoisotopic (exact) mass is 343 g/mol. The second-order valence-electron chi connectivity index (χ2n) is 6.06. The highest BCUT2D eigenvalue weighted by atomic mass is 19.1. The lowest BCUT2D eigenvalue weighted by Crippen LogP contribution is -2.38. The molecule has 25 heavy (non-hydrogen) atoms. The number of benzene rings is 2. The number of nitrogens with one attached hydrogen (secondary N) is 2. The van der Waals surface area contributed by atoms with Gasteiger partial charge in [-0.15, -0.1) is 0 Å². The molecule has 2 aromatic carbocycles. The first kappa shape index (κ1) is 17.4. The number of likely N-dealkylation sites (N-methyl/N-ethyl adjacent to an activating group) is 1. The fraction of sp³-hybridized carbons (Fsp3) is 0.316. The lowest BCUT2D eigenvalue weighted by Gasteiger charge is -2.24. The maximum absolute atomic E-state index is 13.5. The number of nitrogens with zero attached hydrogens (tertiary/aromatic N) is 1. The molecule has 0 radical (unpaired) electrons. The van der Waals surface area contributed by atoms with Crippen molar-refractivity contribution in [2.45, 2.75) is 6.04 Å². The first-order valence-corrected chi connectivity index (χ1v) is 8.32. The van der Waals surface area contributed by atoms with Crippen molar-refractivity contribution in [3.05, 3.63) is 66.0 Å². The van der Waals surface area contributed by atoms with Crippen LogP contribution in [0, 0.1) is 11.7 Å². The summed E-state index contributed by atoms with van der Waals surface area (Å²) < 4.78 is 19.0. The molecule has 2 unspecified atom stereocenters. The zero-order chi connectivity index (χ0) is 17.6. The SMILES string of the molecule is CN(CCOc1ccccc1F)C(=O)C1CNNC1c1ccccc1. The van der Waals surface area contributed by atoms with E-state index in [0.29, 0.717) is 13.1 Å². The van der Waals surface area contributed by atoms with Gasteiger partial charge in [-0.1, -0.05) is 42.5 Å². The Morgan fingerprint density at radius 1 is 1.20 bits per heavy atom. The number of para-hydroxylation sites is 1. The molecular formula is C19H22FN3O2. The first-order valence-electron chi connectivity index (χ1n) is 8.32. The Kier molecular flexibility index (Phi) is 5.63. The average Bonchev–Trinajstić information content (AvgIpc) is 3.13. The summed E-state index contributed by atoms with van der Waals surface area (Å²) >= 11 is 0. The lowest BCUT2D eigenvalue weighted by atomic mass is 9.94. The Bertz CT molecular complexity index is 711. The number of carbonyl (C=O) groups is 1. The third kappa shape index (κ3) is 4.15. The van der Waals surface area contributed by atoms with Gasteiger partial charge in [-0.2, -0.15) is 0 Å². The van der Waals surface area contributed by atoms with E-state index in [-0.39, 0.29) is 30.2 Å². The minimum atomic E-state index is -0.398. The summed E-state index contributed by atoms with van der Waals surface area (Å²) in [5.41, 5.74) is 7.31. The number of amides is 1. The zero-order valence-corrected chi connectivity index (χ0v) is 14.1. The van der Waals surface area contributed by atoms with E-state index >= 15 is 0 Å². The van der Waals surface area contributed by atoms with Crippen LogP contribution < -0.4 is 15.6 Å². The van der Waals surface area contributed by atoms with Crippen molar-refractivity contribution in [1.82, 2.24) is 15.8 Å². The van der Waals surface area contributed by atoms with Crippen molar-refractivity contribution in [2.24, 2.45) is 5.92 Å². The lowest BCUT2D eigenvalue weighted by molar-refractivity contribution is -0.134. The van der Waals surface area contributed by atoms with Crippen molar-refractivity contribution in [1.29, 1.82) is 0 Å². The normalized spacial score (nSPS) is 19.6. The summed E-state index contributed by atoms with van der Waals surface area (Å²) in [6.45, 7) is 1.20. The molecule has 6 heteroatoms. The van der Waals surface area contributed by atoms with E-state index < -0.39 is 5.82 Å². The van der Waals surface area contributed by atoms with E-state index in [1.54, 1.807) is 30.1 Å². The molecule has 2 atom stereocenters. The van der Waals surface area contributed by atoms with E-state index in [2.05, 4.69) is 10.9 Å². The maximum Gasteiger partial charge on any atom is 0.228 e.